The van der Waals surface area contributed by atoms with Gasteiger partial charge in [-0.25, -0.2) is 4.79 Å². The Morgan fingerprint density at radius 2 is 1.74 bits per heavy atom. The van der Waals surface area contributed by atoms with E-state index < -0.39 is 5.97 Å². The topological polar surface area (TPSA) is 79.2 Å². The fourth-order valence-corrected chi connectivity index (χ4v) is 1.85. The van der Waals surface area contributed by atoms with Gasteiger partial charge in [-0.05, 0) is 36.8 Å². The first-order valence-corrected chi connectivity index (χ1v) is 7.08. The largest absolute Gasteiger partial charge is 0.452 e. The minimum atomic E-state index is -0.597. The maximum Gasteiger partial charge on any atom is 0.338 e. The zero-order chi connectivity index (χ0) is 16.7. The van der Waals surface area contributed by atoms with Crippen LogP contribution in [0.2, 0.25) is 0 Å². The number of nitrogens with one attached hydrogen (secondary N) is 1. The molecule has 116 valence electrons. The van der Waals surface area contributed by atoms with Crippen molar-refractivity contribution < 1.29 is 14.3 Å². The minimum absolute atomic E-state index is 0.301. The molecule has 5 heteroatoms. The quantitative estimate of drug-likeness (QED) is 0.860. The maximum atomic E-state index is 11.8. The van der Waals surface area contributed by atoms with Gasteiger partial charge in [0.2, 0.25) is 0 Å². The number of nitrogens with zero attached hydrogens (tertiary/aromatic N) is 1. The number of rotatable bonds is 5. The monoisotopic (exact) mass is 308 g/mol. The summed E-state index contributed by atoms with van der Waals surface area (Å²) < 4.78 is 4.94. The third-order valence-corrected chi connectivity index (χ3v) is 3.19. The van der Waals surface area contributed by atoms with Crippen molar-refractivity contribution in [1.82, 2.24) is 5.32 Å². The van der Waals surface area contributed by atoms with Gasteiger partial charge in [0.25, 0.3) is 5.91 Å². The van der Waals surface area contributed by atoms with Gasteiger partial charge in [-0.15, -0.1) is 0 Å². The van der Waals surface area contributed by atoms with Crippen molar-refractivity contribution in [1.29, 1.82) is 5.26 Å². The molecule has 0 saturated carbocycles. The second kappa shape index (κ2) is 7.76. The molecular formula is C18H16N2O3. The standard InChI is InChI=1S/C18H16N2O3/c1-13-2-4-15(5-3-13)11-20-17(21)12-23-18(22)16-8-6-14(10-19)7-9-16/h2-9H,11-12H2,1H3,(H,20,21). The first kappa shape index (κ1) is 16.2. The van der Waals surface area contributed by atoms with Gasteiger partial charge < -0.3 is 10.1 Å². The Morgan fingerprint density at radius 1 is 1.09 bits per heavy atom. The molecule has 0 atom stereocenters. The highest BCUT2D eigenvalue weighted by Gasteiger charge is 2.10. The van der Waals surface area contributed by atoms with Gasteiger partial charge in [0, 0.05) is 6.54 Å². The van der Waals surface area contributed by atoms with Crippen molar-refractivity contribution >= 4 is 11.9 Å². The summed E-state index contributed by atoms with van der Waals surface area (Å²) >= 11 is 0. The highest BCUT2D eigenvalue weighted by Crippen LogP contribution is 2.05. The van der Waals surface area contributed by atoms with Gasteiger partial charge in [-0.1, -0.05) is 29.8 Å². The van der Waals surface area contributed by atoms with Gasteiger partial charge in [0.05, 0.1) is 17.2 Å². The molecule has 0 aliphatic heterocycles. The fraction of sp³-hybridized carbons (Fsp3) is 0.167. The number of esters is 1. The molecule has 0 radical (unpaired) electrons. The number of amides is 1. The summed E-state index contributed by atoms with van der Waals surface area (Å²) in [6, 6.07) is 15.8. The zero-order valence-electron chi connectivity index (χ0n) is 12.7. The molecule has 0 saturated heterocycles. The lowest BCUT2D eigenvalue weighted by atomic mass is 10.1. The fourth-order valence-electron chi connectivity index (χ4n) is 1.85. The molecule has 5 nitrogen and oxygen atoms in total. The Balaban J connectivity index is 1.78. The molecule has 0 aromatic heterocycles. The van der Waals surface area contributed by atoms with Gasteiger partial charge in [-0.2, -0.15) is 5.26 Å². The second-order valence-electron chi connectivity index (χ2n) is 5.03. The molecule has 0 fully saturated rings. The molecule has 0 bridgehead atoms. The van der Waals surface area contributed by atoms with Gasteiger partial charge in [0.1, 0.15) is 0 Å². The number of carbonyl (C=O) groups excluding carboxylic acids is 2. The van der Waals surface area contributed by atoms with E-state index in [0.29, 0.717) is 17.7 Å². The van der Waals surface area contributed by atoms with E-state index in [0.717, 1.165) is 11.1 Å². The summed E-state index contributed by atoms with van der Waals surface area (Å²) in [6.45, 7) is 2.03. The molecule has 23 heavy (non-hydrogen) atoms. The highest BCUT2D eigenvalue weighted by molar-refractivity contribution is 5.91. The van der Waals surface area contributed by atoms with Crippen LogP contribution in [-0.2, 0) is 16.1 Å². The molecule has 1 N–H and O–H groups in total. The van der Waals surface area contributed by atoms with E-state index in [-0.39, 0.29) is 12.5 Å². The van der Waals surface area contributed by atoms with Crippen LogP contribution in [0, 0.1) is 18.3 Å². The van der Waals surface area contributed by atoms with Gasteiger partial charge in [-0.3, -0.25) is 4.79 Å². The molecule has 2 aromatic carbocycles. The number of aryl methyl sites for hydroxylation is 1. The molecule has 1 amide bonds. The predicted molar refractivity (Wildman–Crippen MR) is 84.5 cm³/mol. The minimum Gasteiger partial charge on any atom is -0.452 e. The Morgan fingerprint density at radius 3 is 2.35 bits per heavy atom. The van der Waals surface area contributed by atoms with E-state index in [4.69, 9.17) is 10.00 Å². The normalized spacial score (nSPS) is 9.74. The maximum absolute atomic E-state index is 11.8. The van der Waals surface area contributed by atoms with Crippen molar-refractivity contribution in [2.75, 3.05) is 6.61 Å². The van der Waals surface area contributed by atoms with Crippen LogP contribution in [-0.4, -0.2) is 18.5 Å². The van der Waals surface area contributed by atoms with Crippen LogP contribution in [0.25, 0.3) is 0 Å². The second-order valence-corrected chi connectivity index (χ2v) is 5.03. The zero-order valence-corrected chi connectivity index (χ0v) is 12.7. The summed E-state index contributed by atoms with van der Waals surface area (Å²) in [4.78, 5) is 23.5. The Bertz CT molecular complexity index is 728. The van der Waals surface area contributed by atoms with E-state index >= 15 is 0 Å². The molecule has 0 spiro atoms. The van der Waals surface area contributed by atoms with Crippen molar-refractivity contribution in [3.8, 4) is 6.07 Å². The smallest absolute Gasteiger partial charge is 0.338 e. The molecular weight excluding hydrogens is 292 g/mol. The average Bonchev–Trinajstić information content (AvgIpc) is 2.59. The molecule has 0 aliphatic carbocycles. The van der Waals surface area contributed by atoms with Crippen molar-refractivity contribution in [2.45, 2.75) is 13.5 Å². The van der Waals surface area contributed by atoms with Gasteiger partial charge >= 0.3 is 5.97 Å². The molecule has 0 unspecified atom stereocenters. The van der Waals surface area contributed by atoms with Crippen LogP contribution in [0.1, 0.15) is 27.0 Å². The first-order valence-electron chi connectivity index (χ1n) is 7.08. The van der Waals surface area contributed by atoms with Crippen LogP contribution >= 0.6 is 0 Å². The van der Waals surface area contributed by atoms with Crippen molar-refractivity contribution in [3.63, 3.8) is 0 Å². The summed E-state index contributed by atoms with van der Waals surface area (Å²) in [5.74, 6) is -0.965. The molecule has 2 rings (SSSR count). The van der Waals surface area contributed by atoms with Gasteiger partial charge in [0.15, 0.2) is 6.61 Å². The third kappa shape index (κ3) is 4.97. The van der Waals surface area contributed by atoms with E-state index in [9.17, 15) is 9.59 Å². The number of benzene rings is 2. The lowest BCUT2D eigenvalue weighted by Crippen LogP contribution is -2.28. The Labute approximate surface area is 134 Å². The average molecular weight is 308 g/mol. The van der Waals surface area contributed by atoms with Crippen LogP contribution < -0.4 is 5.32 Å². The number of hydrogen-bond acceptors (Lipinski definition) is 4. The number of carbonyl (C=O) groups is 2. The molecule has 0 aliphatic rings. The highest BCUT2D eigenvalue weighted by atomic mass is 16.5. The Kier molecular flexibility index (Phi) is 5.48. The number of nitriles is 1. The van der Waals surface area contributed by atoms with E-state index in [1.165, 1.54) is 24.3 Å². The first-order chi connectivity index (χ1) is 11.1. The summed E-state index contributed by atoms with van der Waals surface area (Å²) in [6.07, 6.45) is 0. The van der Waals surface area contributed by atoms with E-state index in [1.807, 2.05) is 37.3 Å². The predicted octanol–water partition coefficient (Wildman–Crippen LogP) is 2.34. The lowest BCUT2D eigenvalue weighted by molar-refractivity contribution is -0.124. The lowest BCUT2D eigenvalue weighted by Gasteiger charge is -2.07. The SMILES string of the molecule is Cc1ccc(CNC(=O)COC(=O)c2ccc(C#N)cc2)cc1. The van der Waals surface area contributed by atoms with E-state index in [1.54, 1.807) is 0 Å². The molecule has 2 aromatic rings. The van der Waals surface area contributed by atoms with Crippen molar-refractivity contribution in [3.05, 3.63) is 70.8 Å². The van der Waals surface area contributed by atoms with Crippen molar-refractivity contribution in [2.24, 2.45) is 0 Å². The Hall–Kier alpha value is -3.13. The number of ether oxygens (including phenoxy) is 1. The van der Waals surface area contributed by atoms with Crippen LogP contribution in [0.4, 0.5) is 0 Å². The number of hydrogen-bond donors (Lipinski definition) is 1. The molecule has 0 heterocycles. The van der Waals surface area contributed by atoms with Crippen LogP contribution in [0.15, 0.2) is 48.5 Å². The summed E-state index contributed by atoms with van der Waals surface area (Å²) in [5.41, 5.74) is 2.88. The van der Waals surface area contributed by atoms with Crippen LogP contribution in [0.3, 0.4) is 0 Å². The van der Waals surface area contributed by atoms with E-state index in [2.05, 4.69) is 5.32 Å². The van der Waals surface area contributed by atoms with Crippen LogP contribution in [0.5, 0.6) is 0 Å². The third-order valence-electron chi connectivity index (χ3n) is 3.19. The summed E-state index contributed by atoms with van der Waals surface area (Å²) in [5, 5.41) is 11.4. The summed E-state index contributed by atoms with van der Waals surface area (Å²) in [7, 11) is 0.